The van der Waals surface area contributed by atoms with Gasteiger partial charge in [0, 0.05) is 11.3 Å². The first-order valence-electron chi connectivity index (χ1n) is 2.58. The number of nitrogens with zero attached hydrogens (tertiary/aromatic N) is 2. The van der Waals surface area contributed by atoms with E-state index < -0.39 is 0 Å². The molecule has 0 fully saturated rings. The summed E-state index contributed by atoms with van der Waals surface area (Å²) in [5, 5.41) is 0.488. The molecule has 0 saturated heterocycles. The fraction of sp³-hybridized carbons (Fsp3) is 0.333. The first-order chi connectivity index (χ1) is 4.22. The van der Waals surface area contributed by atoms with Crippen LogP contribution in [0.5, 0.6) is 0 Å². The van der Waals surface area contributed by atoms with Crippen LogP contribution in [0.3, 0.4) is 0 Å². The molecule has 47 valence electrons. The van der Waals surface area contributed by atoms with E-state index in [1.807, 2.05) is 13.8 Å². The van der Waals surface area contributed by atoms with E-state index in [4.69, 9.17) is 11.6 Å². The van der Waals surface area contributed by atoms with Gasteiger partial charge in [-0.3, -0.25) is 0 Å². The lowest BCUT2D eigenvalue weighted by Crippen LogP contribution is -1.89. The molecule has 9 heavy (non-hydrogen) atoms. The van der Waals surface area contributed by atoms with Gasteiger partial charge >= 0.3 is 0 Å². The number of rotatable bonds is 0. The molecular formula is C6H6ClN2. The van der Waals surface area contributed by atoms with Gasteiger partial charge in [0.15, 0.2) is 6.33 Å². The fourth-order valence-electron chi connectivity index (χ4n) is 0.461. The zero-order valence-corrected chi connectivity index (χ0v) is 6.03. The lowest BCUT2D eigenvalue weighted by Gasteiger charge is -1.95. The molecule has 2 nitrogen and oxygen atoms in total. The van der Waals surface area contributed by atoms with Crippen molar-refractivity contribution in [1.29, 1.82) is 0 Å². The topological polar surface area (TPSA) is 25.8 Å². The van der Waals surface area contributed by atoms with Gasteiger partial charge in [-0.05, 0) is 13.8 Å². The quantitative estimate of drug-likeness (QED) is 0.513. The second-order valence-corrected chi connectivity index (χ2v) is 2.18. The molecule has 3 heteroatoms. The summed E-state index contributed by atoms with van der Waals surface area (Å²) >= 11 is 5.63. The van der Waals surface area contributed by atoms with Gasteiger partial charge in [0.05, 0.1) is 0 Å². The maximum Gasteiger partial charge on any atom is 0.199 e. The number of halogens is 1. The Kier molecular flexibility index (Phi) is 1.67. The van der Waals surface area contributed by atoms with Crippen molar-refractivity contribution in [3.05, 3.63) is 22.7 Å². The van der Waals surface area contributed by atoms with Crippen LogP contribution in [0.4, 0.5) is 0 Å². The van der Waals surface area contributed by atoms with Crippen molar-refractivity contribution in [2.24, 2.45) is 0 Å². The van der Waals surface area contributed by atoms with Gasteiger partial charge in [-0.2, -0.15) is 0 Å². The number of hydrogen-bond donors (Lipinski definition) is 0. The van der Waals surface area contributed by atoms with Crippen molar-refractivity contribution in [2.45, 2.75) is 13.8 Å². The lowest BCUT2D eigenvalue weighted by atomic mass is 10.3. The minimum absolute atomic E-state index is 0.488. The van der Waals surface area contributed by atoms with Gasteiger partial charge in [0.1, 0.15) is 5.15 Å². The van der Waals surface area contributed by atoms with Crippen molar-refractivity contribution < 1.29 is 0 Å². The highest BCUT2D eigenvalue weighted by atomic mass is 35.5. The SMILES string of the molecule is Cc1n[c]nc(Cl)c1C. The van der Waals surface area contributed by atoms with Crippen molar-refractivity contribution in [1.82, 2.24) is 9.97 Å². The molecule has 0 aromatic carbocycles. The highest BCUT2D eigenvalue weighted by Crippen LogP contribution is 2.11. The van der Waals surface area contributed by atoms with Crippen LogP contribution in [0.15, 0.2) is 0 Å². The van der Waals surface area contributed by atoms with Gasteiger partial charge in [-0.15, -0.1) is 0 Å². The molecule has 0 bridgehead atoms. The van der Waals surface area contributed by atoms with Crippen LogP contribution in [0.1, 0.15) is 11.3 Å². The zero-order valence-electron chi connectivity index (χ0n) is 5.27. The van der Waals surface area contributed by atoms with Gasteiger partial charge in [-0.25, -0.2) is 9.97 Å². The van der Waals surface area contributed by atoms with E-state index in [0.29, 0.717) is 5.15 Å². The van der Waals surface area contributed by atoms with E-state index in [9.17, 15) is 0 Å². The molecule has 1 aromatic rings. The Bertz CT molecular complexity index is 202. The Hall–Kier alpha value is -0.630. The van der Waals surface area contributed by atoms with Crippen LogP contribution in [0.25, 0.3) is 0 Å². The van der Waals surface area contributed by atoms with Crippen LogP contribution < -0.4 is 0 Å². The van der Waals surface area contributed by atoms with E-state index >= 15 is 0 Å². The van der Waals surface area contributed by atoms with Gasteiger partial charge in [-0.1, -0.05) is 11.6 Å². The molecule has 0 aliphatic rings. The predicted octanol–water partition coefficient (Wildman–Crippen LogP) is 1.55. The summed E-state index contributed by atoms with van der Waals surface area (Å²) in [6.07, 6.45) is 2.44. The Morgan fingerprint density at radius 3 is 2.44 bits per heavy atom. The Balaban J connectivity index is 3.25. The van der Waals surface area contributed by atoms with Gasteiger partial charge in [0.25, 0.3) is 0 Å². The summed E-state index contributed by atoms with van der Waals surface area (Å²) in [5.74, 6) is 0. The van der Waals surface area contributed by atoms with Crippen LogP contribution in [-0.2, 0) is 0 Å². The largest absolute Gasteiger partial charge is 0.230 e. The average Bonchev–Trinajstić information content (AvgIpc) is 1.83. The smallest absolute Gasteiger partial charge is 0.199 e. The third kappa shape index (κ3) is 1.19. The highest BCUT2D eigenvalue weighted by molar-refractivity contribution is 6.30. The highest BCUT2D eigenvalue weighted by Gasteiger charge is 1.97. The molecule has 0 saturated carbocycles. The predicted molar refractivity (Wildman–Crippen MR) is 35.4 cm³/mol. The minimum Gasteiger partial charge on any atom is -0.230 e. The standard InChI is InChI=1S/C6H6ClN2/c1-4-5(2)8-3-9-6(4)7/h1-2H3. The molecule has 0 aliphatic heterocycles. The maximum atomic E-state index is 5.63. The summed E-state index contributed by atoms with van der Waals surface area (Å²) in [7, 11) is 0. The second kappa shape index (κ2) is 2.31. The third-order valence-corrected chi connectivity index (χ3v) is 1.59. The van der Waals surface area contributed by atoms with E-state index in [-0.39, 0.29) is 0 Å². The van der Waals surface area contributed by atoms with E-state index in [1.165, 1.54) is 0 Å². The Morgan fingerprint density at radius 1 is 1.33 bits per heavy atom. The summed E-state index contributed by atoms with van der Waals surface area (Å²) < 4.78 is 0. The number of hydrogen-bond acceptors (Lipinski definition) is 2. The summed E-state index contributed by atoms with van der Waals surface area (Å²) in [5.41, 5.74) is 1.81. The summed E-state index contributed by atoms with van der Waals surface area (Å²) in [6.45, 7) is 3.75. The van der Waals surface area contributed by atoms with Crippen LogP contribution in [0, 0.1) is 20.2 Å². The van der Waals surface area contributed by atoms with Gasteiger partial charge in [0.2, 0.25) is 0 Å². The zero-order chi connectivity index (χ0) is 6.85. The van der Waals surface area contributed by atoms with Crippen LogP contribution >= 0.6 is 11.6 Å². The van der Waals surface area contributed by atoms with Crippen molar-refractivity contribution >= 4 is 11.6 Å². The fourth-order valence-corrected chi connectivity index (χ4v) is 0.635. The Labute approximate surface area is 58.9 Å². The molecule has 0 amide bonds. The monoisotopic (exact) mass is 141 g/mol. The number of aryl methyl sites for hydroxylation is 1. The molecule has 0 unspecified atom stereocenters. The van der Waals surface area contributed by atoms with E-state index in [1.54, 1.807) is 0 Å². The van der Waals surface area contributed by atoms with E-state index in [0.717, 1.165) is 11.3 Å². The molecule has 1 radical (unpaired) electrons. The molecule has 0 N–H and O–H groups in total. The Morgan fingerprint density at radius 2 is 2.00 bits per heavy atom. The molecule has 0 aliphatic carbocycles. The number of aromatic nitrogens is 2. The molecule has 0 spiro atoms. The molecule has 1 heterocycles. The van der Waals surface area contributed by atoms with Crippen LogP contribution in [0.2, 0.25) is 5.15 Å². The molecule has 1 rings (SSSR count). The molecule has 1 aromatic heterocycles. The summed E-state index contributed by atoms with van der Waals surface area (Å²) in [6, 6.07) is 0. The minimum atomic E-state index is 0.488. The summed E-state index contributed by atoms with van der Waals surface area (Å²) in [4.78, 5) is 7.49. The van der Waals surface area contributed by atoms with Crippen LogP contribution in [-0.4, -0.2) is 9.97 Å². The first-order valence-corrected chi connectivity index (χ1v) is 2.96. The van der Waals surface area contributed by atoms with Crippen molar-refractivity contribution in [3.8, 4) is 0 Å². The van der Waals surface area contributed by atoms with Gasteiger partial charge < -0.3 is 0 Å². The second-order valence-electron chi connectivity index (χ2n) is 1.82. The first kappa shape index (κ1) is 6.49. The lowest BCUT2D eigenvalue weighted by molar-refractivity contribution is 1.05. The maximum absolute atomic E-state index is 5.63. The van der Waals surface area contributed by atoms with Crippen molar-refractivity contribution in [3.63, 3.8) is 0 Å². The molecule has 0 atom stereocenters. The average molecular weight is 142 g/mol. The normalized spacial score (nSPS) is 9.67. The van der Waals surface area contributed by atoms with E-state index in [2.05, 4.69) is 16.3 Å². The third-order valence-electron chi connectivity index (χ3n) is 1.22. The van der Waals surface area contributed by atoms with Crippen molar-refractivity contribution in [2.75, 3.05) is 0 Å². The molecular weight excluding hydrogens is 136 g/mol.